The number of rotatable bonds is 4. The molecule has 1 aromatic rings. The van der Waals surface area contributed by atoms with Gasteiger partial charge < -0.3 is 0 Å². The second-order valence-corrected chi connectivity index (χ2v) is 9.81. The molecule has 0 aliphatic carbocycles. The number of sulfonamides is 1. The quantitative estimate of drug-likeness (QED) is 0.807. The van der Waals surface area contributed by atoms with Crippen LogP contribution in [0.25, 0.3) is 0 Å². The first-order valence-electron chi connectivity index (χ1n) is 6.61. The van der Waals surface area contributed by atoms with Gasteiger partial charge >= 0.3 is 0 Å². The van der Waals surface area contributed by atoms with Gasteiger partial charge in [-0.15, -0.1) is 11.3 Å². The lowest BCUT2D eigenvalue weighted by Gasteiger charge is -2.26. The van der Waals surface area contributed by atoms with Gasteiger partial charge in [0, 0.05) is 18.0 Å². The van der Waals surface area contributed by atoms with Crippen molar-refractivity contribution in [3.8, 4) is 0 Å². The Hall–Kier alpha value is 0.0900. The van der Waals surface area contributed by atoms with Gasteiger partial charge in [0.05, 0.1) is 8.68 Å². The molecule has 0 amide bonds. The van der Waals surface area contributed by atoms with Gasteiger partial charge in [0.25, 0.3) is 0 Å². The minimum Gasteiger partial charge on any atom is -0.207 e. The number of thiophene rings is 1. The van der Waals surface area contributed by atoms with Crippen molar-refractivity contribution in [2.45, 2.75) is 44.9 Å². The molecule has 0 bridgehead atoms. The fourth-order valence-electron chi connectivity index (χ4n) is 2.75. The van der Waals surface area contributed by atoms with Crippen LogP contribution in [0, 0.1) is 12.3 Å². The summed E-state index contributed by atoms with van der Waals surface area (Å²) in [4.78, 5) is 1.32. The van der Waals surface area contributed by atoms with Crippen LogP contribution in [0.2, 0.25) is 0 Å². The van der Waals surface area contributed by atoms with E-state index in [1.54, 1.807) is 10.4 Å². The second-order valence-electron chi connectivity index (χ2n) is 5.27. The Labute approximate surface area is 128 Å². The van der Waals surface area contributed by atoms with Crippen molar-refractivity contribution in [3.05, 3.63) is 14.7 Å². The Bertz CT molecular complexity index is 561. The molecule has 1 aromatic heterocycles. The zero-order valence-electron chi connectivity index (χ0n) is 11.6. The number of hydrogen-bond donors (Lipinski definition) is 0. The van der Waals surface area contributed by atoms with E-state index in [2.05, 4.69) is 29.8 Å². The largest absolute Gasteiger partial charge is 0.244 e. The zero-order valence-corrected chi connectivity index (χ0v) is 14.8. The van der Waals surface area contributed by atoms with E-state index in [1.165, 1.54) is 11.3 Å². The Kier molecular flexibility index (Phi) is 4.45. The minimum absolute atomic E-state index is 0.175. The predicted molar refractivity (Wildman–Crippen MR) is 83.1 cm³/mol. The fraction of sp³-hybridized carbons (Fsp3) is 0.692. The van der Waals surface area contributed by atoms with Crippen molar-refractivity contribution in [2.75, 3.05) is 13.1 Å². The standard InChI is InChI=1S/C13H20BrNO2S2/c1-4-13(5-2)6-7-15(9-13)19(16,17)11-8-12(14)18-10(11)3/h8H,4-7,9H2,1-3H3. The highest BCUT2D eigenvalue weighted by Gasteiger charge is 2.41. The van der Waals surface area contributed by atoms with Crippen LogP contribution >= 0.6 is 27.3 Å². The van der Waals surface area contributed by atoms with Gasteiger partial charge in [-0.2, -0.15) is 4.31 Å². The van der Waals surface area contributed by atoms with Crippen LogP contribution in [0.4, 0.5) is 0 Å². The normalized spacial score (nSPS) is 20.0. The molecule has 0 atom stereocenters. The first-order chi connectivity index (χ1) is 8.84. The van der Waals surface area contributed by atoms with Crippen molar-refractivity contribution < 1.29 is 8.42 Å². The lowest BCUT2D eigenvalue weighted by atomic mass is 9.82. The Morgan fingerprint density at radius 2 is 2.05 bits per heavy atom. The predicted octanol–water partition coefficient (Wildman–Crippen LogP) is 4.02. The van der Waals surface area contributed by atoms with Crippen molar-refractivity contribution >= 4 is 37.3 Å². The molecule has 108 valence electrons. The molecule has 6 heteroatoms. The van der Waals surface area contributed by atoms with Crippen molar-refractivity contribution in [1.29, 1.82) is 0 Å². The molecule has 1 saturated heterocycles. The van der Waals surface area contributed by atoms with Crippen molar-refractivity contribution in [2.24, 2.45) is 5.41 Å². The molecule has 0 unspecified atom stereocenters. The van der Waals surface area contributed by atoms with Gasteiger partial charge in [0.2, 0.25) is 10.0 Å². The molecule has 0 spiro atoms. The van der Waals surface area contributed by atoms with Gasteiger partial charge in [0.15, 0.2) is 0 Å². The lowest BCUT2D eigenvalue weighted by Crippen LogP contribution is -2.32. The molecule has 0 radical (unpaired) electrons. The van der Waals surface area contributed by atoms with E-state index >= 15 is 0 Å². The highest BCUT2D eigenvalue weighted by Crippen LogP contribution is 2.40. The molecule has 2 heterocycles. The smallest absolute Gasteiger partial charge is 0.207 e. The van der Waals surface area contributed by atoms with E-state index in [4.69, 9.17) is 0 Å². The third-order valence-corrected chi connectivity index (χ3v) is 8.02. The second kappa shape index (κ2) is 5.47. The highest BCUT2D eigenvalue weighted by molar-refractivity contribution is 9.11. The van der Waals surface area contributed by atoms with E-state index in [0.29, 0.717) is 18.0 Å². The summed E-state index contributed by atoms with van der Waals surface area (Å²) in [5.74, 6) is 0. The average molecular weight is 366 g/mol. The molecular weight excluding hydrogens is 346 g/mol. The first kappa shape index (κ1) is 15.5. The maximum absolute atomic E-state index is 12.7. The number of halogens is 1. The van der Waals surface area contributed by atoms with E-state index in [-0.39, 0.29) is 5.41 Å². The number of aryl methyl sites for hydroxylation is 1. The van der Waals surface area contributed by atoms with Crippen LogP contribution in [0.15, 0.2) is 14.7 Å². The topological polar surface area (TPSA) is 37.4 Å². The Morgan fingerprint density at radius 1 is 1.42 bits per heavy atom. The Balaban J connectivity index is 2.30. The van der Waals surface area contributed by atoms with Crippen molar-refractivity contribution in [3.63, 3.8) is 0 Å². The van der Waals surface area contributed by atoms with Crippen LogP contribution < -0.4 is 0 Å². The molecule has 1 aliphatic heterocycles. The van der Waals surface area contributed by atoms with Crippen LogP contribution in [0.3, 0.4) is 0 Å². The molecule has 3 nitrogen and oxygen atoms in total. The summed E-state index contributed by atoms with van der Waals surface area (Å²) in [5, 5.41) is 0. The van der Waals surface area contributed by atoms with Gasteiger partial charge in [-0.05, 0) is 53.6 Å². The maximum atomic E-state index is 12.7. The molecule has 0 saturated carbocycles. The van der Waals surface area contributed by atoms with E-state index in [0.717, 1.165) is 27.9 Å². The SMILES string of the molecule is CCC1(CC)CCN(S(=O)(=O)c2cc(Br)sc2C)C1. The van der Waals surface area contributed by atoms with Crippen LogP contribution in [0.1, 0.15) is 38.0 Å². The summed E-state index contributed by atoms with van der Waals surface area (Å²) >= 11 is 4.85. The van der Waals surface area contributed by atoms with Crippen LogP contribution in [-0.2, 0) is 10.0 Å². The van der Waals surface area contributed by atoms with E-state index < -0.39 is 10.0 Å². The van der Waals surface area contributed by atoms with Gasteiger partial charge in [-0.3, -0.25) is 0 Å². The fourth-order valence-corrected chi connectivity index (χ4v) is 6.69. The third kappa shape index (κ3) is 2.77. The van der Waals surface area contributed by atoms with Gasteiger partial charge in [-0.25, -0.2) is 8.42 Å². The molecular formula is C13H20BrNO2S2. The van der Waals surface area contributed by atoms with Gasteiger partial charge in [0.1, 0.15) is 0 Å². The monoisotopic (exact) mass is 365 g/mol. The molecule has 0 aromatic carbocycles. The summed E-state index contributed by atoms with van der Waals surface area (Å²) < 4.78 is 27.9. The summed E-state index contributed by atoms with van der Waals surface area (Å²) in [6.45, 7) is 7.50. The maximum Gasteiger partial charge on any atom is 0.244 e. The molecule has 1 fully saturated rings. The highest BCUT2D eigenvalue weighted by atomic mass is 79.9. The number of hydrogen-bond acceptors (Lipinski definition) is 3. The number of nitrogens with zero attached hydrogens (tertiary/aromatic N) is 1. The summed E-state index contributed by atoms with van der Waals surface area (Å²) in [6.07, 6.45) is 3.06. The first-order valence-corrected chi connectivity index (χ1v) is 9.66. The van der Waals surface area contributed by atoms with Crippen molar-refractivity contribution in [1.82, 2.24) is 4.31 Å². The zero-order chi connectivity index (χ0) is 14.3. The minimum atomic E-state index is -3.33. The van der Waals surface area contributed by atoms with Gasteiger partial charge in [-0.1, -0.05) is 13.8 Å². The summed E-state index contributed by atoms with van der Waals surface area (Å²) in [6, 6.07) is 1.73. The summed E-state index contributed by atoms with van der Waals surface area (Å²) in [5.41, 5.74) is 0.175. The average Bonchev–Trinajstić information content (AvgIpc) is 2.94. The summed E-state index contributed by atoms with van der Waals surface area (Å²) in [7, 11) is -3.33. The molecule has 2 rings (SSSR count). The molecule has 0 N–H and O–H groups in total. The van der Waals surface area contributed by atoms with E-state index in [9.17, 15) is 8.42 Å². The molecule has 1 aliphatic rings. The van der Waals surface area contributed by atoms with Crippen LogP contribution in [0.5, 0.6) is 0 Å². The lowest BCUT2D eigenvalue weighted by molar-refractivity contribution is 0.279. The molecule has 19 heavy (non-hydrogen) atoms. The van der Waals surface area contributed by atoms with E-state index in [1.807, 2.05) is 6.92 Å². The van der Waals surface area contributed by atoms with Crippen LogP contribution in [-0.4, -0.2) is 25.8 Å². The Morgan fingerprint density at radius 3 is 2.47 bits per heavy atom. The third-order valence-electron chi connectivity index (χ3n) is 4.36.